The number of carbonyl (C=O) groups is 2. The minimum atomic E-state index is -0.466. The van der Waals surface area contributed by atoms with Gasteiger partial charge in [0.2, 0.25) is 0 Å². The molecule has 4 rings (SSSR count). The summed E-state index contributed by atoms with van der Waals surface area (Å²) in [6, 6.07) is 24.2. The highest BCUT2D eigenvalue weighted by molar-refractivity contribution is 5.98. The lowest BCUT2D eigenvalue weighted by Crippen LogP contribution is -2.34. The number of esters is 1. The average molecular weight is 387 g/mol. The first-order valence-corrected chi connectivity index (χ1v) is 9.43. The van der Waals surface area contributed by atoms with Gasteiger partial charge < -0.3 is 14.4 Å². The van der Waals surface area contributed by atoms with Gasteiger partial charge in [-0.15, -0.1) is 0 Å². The van der Waals surface area contributed by atoms with Gasteiger partial charge in [-0.1, -0.05) is 54.6 Å². The van der Waals surface area contributed by atoms with E-state index in [-0.39, 0.29) is 12.0 Å². The van der Waals surface area contributed by atoms with Crippen molar-refractivity contribution in [3.05, 3.63) is 101 Å². The monoisotopic (exact) mass is 387 g/mol. The minimum Gasteiger partial charge on any atom is -0.484 e. The molecule has 0 aromatic heterocycles. The SMILES string of the molecule is COC(=O)c1cccc(C(=O)N2Cc3ccccc3O[C@H](c3ccccc3)C2)c1. The van der Waals surface area contributed by atoms with Crippen LogP contribution in [0.5, 0.6) is 5.75 Å². The van der Waals surface area contributed by atoms with Crippen LogP contribution in [-0.2, 0) is 11.3 Å². The summed E-state index contributed by atoms with van der Waals surface area (Å²) in [5.41, 5.74) is 2.75. The highest BCUT2D eigenvalue weighted by atomic mass is 16.5. The summed E-state index contributed by atoms with van der Waals surface area (Å²) < 4.78 is 11.0. The van der Waals surface area contributed by atoms with E-state index in [9.17, 15) is 9.59 Å². The molecule has 5 heteroatoms. The smallest absolute Gasteiger partial charge is 0.337 e. The number of hydrogen-bond donors (Lipinski definition) is 0. The molecule has 1 aliphatic heterocycles. The molecule has 29 heavy (non-hydrogen) atoms. The van der Waals surface area contributed by atoms with E-state index in [2.05, 4.69) is 0 Å². The Morgan fingerprint density at radius 1 is 0.931 bits per heavy atom. The first-order chi connectivity index (χ1) is 14.2. The molecule has 0 aliphatic carbocycles. The van der Waals surface area contributed by atoms with E-state index < -0.39 is 5.97 Å². The number of hydrogen-bond acceptors (Lipinski definition) is 4. The lowest BCUT2D eigenvalue weighted by molar-refractivity contribution is 0.0600. The van der Waals surface area contributed by atoms with Crippen LogP contribution < -0.4 is 4.74 Å². The van der Waals surface area contributed by atoms with E-state index in [0.717, 1.165) is 16.9 Å². The Hall–Kier alpha value is -3.60. The van der Waals surface area contributed by atoms with Crippen LogP contribution in [0.4, 0.5) is 0 Å². The number of rotatable bonds is 3. The largest absolute Gasteiger partial charge is 0.484 e. The molecule has 3 aromatic carbocycles. The third kappa shape index (κ3) is 3.99. The quantitative estimate of drug-likeness (QED) is 0.631. The van der Waals surface area contributed by atoms with Gasteiger partial charge in [0, 0.05) is 17.7 Å². The van der Waals surface area contributed by atoms with Crippen LogP contribution in [-0.4, -0.2) is 30.4 Å². The molecule has 146 valence electrons. The van der Waals surface area contributed by atoms with Gasteiger partial charge in [0.1, 0.15) is 11.9 Å². The lowest BCUT2D eigenvalue weighted by atomic mass is 10.1. The van der Waals surface area contributed by atoms with Crippen LogP contribution in [0.25, 0.3) is 0 Å². The Balaban J connectivity index is 1.69. The molecular weight excluding hydrogens is 366 g/mol. The zero-order valence-corrected chi connectivity index (χ0v) is 16.1. The number of benzene rings is 3. The molecule has 3 aromatic rings. The fourth-order valence-electron chi connectivity index (χ4n) is 3.49. The second kappa shape index (κ2) is 8.19. The second-order valence-electron chi connectivity index (χ2n) is 6.88. The van der Waals surface area contributed by atoms with E-state index in [0.29, 0.717) is 24.2 Å². The van der Waals surface area contributed by atoms with Crippen molar-refractivity contribution in [1.29, 1.82) is 0 Å². The Kier molecular flexibility index (Phi) is 5.29. The van der Waals surface area contributed by atoms with Crippen molar-refractivity contribution in [3.63, 3.8) is 0 Å². The zero-order chi connectivity index (χ0) is 20.2. The van der Waals surface area contributed by atoms with Crippen molar-refractivity contribution in [2.24, 2.45) is 0 Å². The van der Waals surface area contributed by atoms with Gasteiger partial charge in [0.25, 0.3) is 5.91 Å². The fraction of sp³-hybridized carbons (Fsp3) is 0.167. The predicted molar refractivity (Wildman–Crippen MR) is 109 cm³/mol. The third-order valence-corrected chi connectivity index (χ3v) is 4.98. The normalized spacial score (nSPS) is 15.6. The van der Waals surface area contributed by atoms with Crippen molar-refractivity contribution >= 4 is 11.9 Å². The van der Waals surface area contributed by atoms with Crippen LogP contribution in [0.1, 0.15) is 37.9 Å². The Morgan fingerprint density at radius 2 is 1.66 bits per heavy atom. The van der Waals surface area contributed by atoms with Gasteiger partial charge in [0.05, 0.1) is 19.2 Å². The van der Waals surface area contributed by atoms with Gasteiger partial charge in [0.15, 0.2) is 0 Å². The molecule has 1 heterocycles. The summed E-state index contributed by atoms with van der Waals surface area (Å²) in [6.07, 6.45) is -0.285. The molecule has 5 nitrogen and oxygen atoms in total. The summed E-state index contributed by atoms with van der Waals surface area (Å²) in [5, 5.41) is 0. The van der Waals surface area contributed by atoms with Crippen LogP contribution in [0.15, 0.2) is 78.9 Å². The fourth-order valence-corrected chi connectivity index (χ4v) is 3.49. The summed E-state index contributed by atoms with van der Waals surface area (Å²) in [5.74, 6) is 0.156. The molecule has 1 aliphatic rings. The van der Waals surface area contributed by atoms with Crippen LogP contribution in [0.2, 0.25) is 0 Å². The first-order valence-electron chi connectivity index (χ1n) is 9.43. The highest BCUT2D eigenvalue weighted by Gasteiger charge is 2.28. The molecule has 0 saturated heterocycles. The molecule has 0 unspecified atom stereocenters. The number of amides is 1. The summed E-state index contributed by atoms with van der Waals surface area (Å²) in [6.45, 7) is 0.834. The van der Waals surface area contributed by atoms with Crippen molar-refractivity contribution in [2.45, 2.75) is 12.6 Å². The molecule has 0 spiro atoms. The maximum atomic E-state index is 13.3. The number of nitrogens with zero attached hydrogens (tertiary/aromatic N) is 1. The van der Waals surface area contributed by atoms with E-state index in [1.807, 2.05) is 54.6 Å². The molecule has 0 bridgehead atoms. The van der Waals surface area contributed by atoms with Gasteiger partial charge in [-0.3, -0.25) is 4.79 Å². The highest BCUT2D eigenvalue weighted by Crippen LogP contribution is 2.31. The maximum Gasteiger partial charge on any atom is 0.337 e. The molecule has 0 radical (unpaired) electrons. The number of carbonyl (C=O) groups excluding carboxylic acids is 2. The number of para-hydroxylation sites is 1. The standard InChI is InChI=1S/C24H21NO4/c1-28-24(27)19-12-7-11-18(14-19)23(26)25-15-20-10-5-6-13-21(20)29-22(16-25)17-8-3-2-4-9-17/h2-14,22H,15-16H2,1H3/t22-/m0/s1. The maximum absolute atomic E-state index is 13.3. The van der Waals surface area contributed by atoms with Crippen molar-refractivity contribution in [2.75, 3.05) is 13.7 Å². The van der Waals surface area contributed by atoms with Crippen molar-refractivity contribution in [1.82, 2.24) is 4.90 Å². The zero-order valence-electron chi connectivity index (χ0n) is 16.1. The van der Waals surface area contributed by atoms with E-state index >= 15 is 0 Å². The van der Waals surface area contributed by atoms with Gasteiger partial charge >= 0.3 is 5.97 Å². The molecular formula is C24H21NO4. The van der Waals surface area contributed by atoms with E-state index in [1.54, 1.807) is 29.2 Å². The summed E-state index contributed by atoms with van der Waals surface area (Å²) in [4.78, 5) is 26.9. The van der Waals surface area contributed by atoms with Crippen LogP contribution in [0.3, 0.4) is 0 Å². The van der Waals surface area contributed by atoms with Gasteiger partial charge in [-0.25, -0.2) is 4.79 Å². The Bertz CT molecular complexity index is 1030. The molecule has 1 atom stereocenters. The van der Waals surface area contributed by atoms with Crippen molar-refractivity contribution in [3.8, 4) is 5.75 Å². The van der Waals surface area contributed by atoms with E-state index in [4.69, 9.17) is 9.47 Å². The summed E-state index contributed by atoms with van der Waals surface area (Å²) in [7, 11) is 1.32. The van der Waals surface area contributed by atoms with Gasteiger partial charge in [-0.2, -0.15) is 0 Å². The first kappa shape index (κ1) is 18.7. The number of methoxy groups -OCH3 is 1. The molecule has 1 amide bonds. The van der Waals surface area contributed by atoms with E-state index in [1.165, 1.54) is 7.11 Å². The number of fused-ring (bicyclic) bond motifs is 1. The molecule has 0 N–H and O–H groups in total. The molecule has 0 saturated carbocycles. The van der Waals surface area contributed by atoms with Crippen LogP contribution in [0, 0.1) is 0 Å². The summed E-state index contributed by atoms with van der Waals surface area (Å²) >= 11 is 0. The minimum absolute atomic E-state index is 0.156. The Morgan fingerprint density at radius 3 is 2.45 bits per heavy atom. The van der Waals surface area contributed by atoms with Crippen molar-refractivity contribution < 1.29 is 19.1 Å². The third-order valence-electron chi connectivity index (χ3n) is 4.98. The lowest BCUT2D eigenvalue weighted by Gasteiger charge is -2.24. The number of ether oxygens (including phenoxy) is 2. The Labute approximate surface area is 169 Å². The van der Waals surface area contributed by atoms with Gasteiger partial charge in [-0.05, 0) is 29.8 Å². The average Bonchev–Trinajstić information content (AvgIpc) is 2.98. The van der Waals surface area contributed by atoms with Crippen LogP contribution >= 0.6 is 0 Å². The topological polar surface area (TPSA) is 55.8 Å². The molecule has 0 fully saturated rings. The second-order valence-corrected chi connectivity index (χ2v) is 6.88. The predicted octanol–water partition coefficient (Wildman–Crippen LogP) is 4.25.